The van der Waals surface area contributed by atoms with Crippen LogP contribution in [-0.2, 0) is 32.3 Å². The van der Waals surface area contributed by atoms with Gasteiger partial charge in [0.25, 0.3) is 23.7 Å². The fraction of sp³-hybridized carbons (Fsp3) is 0.151. The van der Waals surface area contributed by atoms with Gasteiger partial charge in [-0.3, -0.25) is 33.6 Å². The number of benzene rings is 4. The van der Waals surface area contributed by atoms with Gasteiger partial charge < -0.3 is 86.7 Å². The predicted molar refractivity (Wildman–Crippen MR) is 299 cm³/mol. The number of aromatic amines is 2. The number of hydrogen-bond acceptors (Lipinski definition) is 28. The van der Waals surface area contributed by atoms with Crippen LogP contribution in [0.3, 0.4) is 0 Å². The molecule has 2 atom stereocenters. The minimum Gasteiger partial charge on any atom is -0.505 e. The number of phenols is 5. The van der Waals surface area contributed by atoms with E-state index >= 15 is 0 Å². The number of carbonyl (C=O) groups is 6. The van der Waals surface area contributed by atoms with E-state index < -0.39 is 157 Å². The maximum Gasteiger partial charge on any atom is 0.326 e. The third-order valence-corrected chi connectivity index (χ3v) is 12.7. The third kappa shape index (κ3) is 13.6. The Hall–Kier alpha value is -13.1. The lowest BCUT2D eigenvalue weighted by Gasteiger charge is -2.14. The molecule has 0 radical (unpaired) electrons. The van der Waals surface area contributed by atoms with Gasteiger partial charge in [0.05, 0.1) is 24.5 Å². The Labute approximate surface area is 492 Å². The smallest absolute Gasteiger partial charge is 0.326 e. The van der Waals surface area contributed by atoms with Gasteiger partial charge in [-0.1, -0.05) is 0 Å². The lowest BCUT2D eigenvalue weighted by atomic mass is 10.1. The Balaban J connectivity index is 0.965. The van der Waals surface area contributed by atoms with E-state index in [9.17, 15) is 84.0 Å². The number of aliphatic carboxylic acids is 4. The number of carboxylic acid groups (broad SMARTS) is 4. The Morgan fingerprint density at radius 2 is 0.966 bits per heavy atom. The molecule has 9 rings (SSSR count). The molecule has 36 heteroatoms. The molecule has 4 aliphatic heterocycles. The molecule has 0 saturated carbocycles. The summed E-state index contributed by atoms with van der Waals surface area (Å²) < 4.78 is 5.78. The van der Waals surface area contributed by atoms with E-state index in [1.54, 1.807) is 0 Å². The van der Waals surface area contributed by atoms with Crippen LogP contribution in [-0.4, -0.2) is 139 Å². The fourth-order valence-corrected chi connectivity index (χ4v) is 8.24. The molecule has 0 fully saturated rings. The zero-order valence-electron chi connectivity index (χ0n) is 44.9. The number of aromatic hydroxyl groups is 6. The van der Waals surface area contributed by atoms with Gasteiger partial charge >= 0.3 is 35.0 Å². The Morgan fingerprint density at radius 1 is 0.528 bits per heavy atom. The molecule has 0 aliphatic carbocycles. The molecule has 36 nitrogen and oxygen atoms in total. The molecule has 16 N–H and O–H groups in total. The van der Waals surface area contributed by atoms with Crippen molar-refractivity contribution in [3.8, 4) is 68.9 Å². The largest absolute Gasteiger partial charge is 0.505 e. The monoisotopic (exact) mass is 1220 g/mol. The molecule has 1 aromatic heterocycles. The second-order valence-electron chi connectivity index (χ2n) is 18.8. The number of carbonyl (C=O) groups excluding carboxylic acids is 2. The standard InChI is InChI=1S/C53H42N16O20/c70-28-13-21(14-29(71)37(28)76)42-41(80)39(78)32-38(77)33(66-68-52-62-44-35(48(83)64-52)58-24(17-56-44)15-54-22-5-1-19(2-6-22)46(81)60-26(50(85)86)9-11-30(72)73)40(79)34(43(32)89-42)67-69-53-63-45-36(49(84)65-53)59-25(18-57-45)16-55-23-7-3-20(4-8-23)47(82)61-27(51(87)88)10-12-31(74)75/h1-8,13-14,17-18,26-27,54-55,70-71,76-77,79-80H,9-12,15-16H2,(H,60,81)(H,61,82)(H,72,73)(H,74,75)(H,85,86)(H,87,88)(H,56,62,64,83)(H,57,63,65,84). The van der Waals surface area contributed by atoms with Crippen molar-refractivity contribution in [2.75, 3.05) is 10.6 Å². The lowest BCUT2D eigenvalue weighted by Crippen LogP contribution is -2.41. The van der Waals surface area contributed by atoms with E-state index in [0.717, 1.165) is 12.1 Å². The van der Waals surface area contributed by atoms with Gasteiger partial charge in [0.2, 0.25) is 11.2 Å². The normalized spacial score (nSPS) is 12.1. The number of fused-ring (bicyclic) bond motifs is 3. The molecule has 5 heterocycles. The first-order chi connectivity index (χ1) is 42.4. The van der Waals surface area contributed by atoms with Gasteiger partial charge in [0.1, 0.15) is 17.5 Å². The van der Waals surface area contributed by atoms with E-state index in [-0.39, 0.29) is 71.5 Å². The number of anilines is 2. The first-order valence-corrected chi connectivity index (χ1v) is 25.5. The molecular formula is C53H42N16O20. The third-order valence-electron chi connectivity index (χ3n) is 12.7. The fourth-order valence-electron chi connectivity index (χ4n) is 8.24. The van der Waals surface area contributed by atoms with Gasteiger partial charge in [-0.05, 0) is 73.5 Å². The maximum absolute atomic E-state index is 14.0. The average molecular weight is 1220 g/mol. The molecule has 4 aromatic carbocycles. The van der Waals surface area contributed by atoms with Gasteiger partial charge in [-0.2, -0.15) is 19.9 Å². The highest BCUT2D eigenvalue weighted by atomic mass is 16.4. The van der Waals surface area contributed by atoms with Crippen molar-refractivity contribution in [3.05, 3.63) is 127 Å². The quantitative estimate of drug-likeness (QED) is 0.0320. The highest BCUT2D eigenvalue weighted by Crippen LogP contribution is 2.52. The van der Waals surface area contributed by atoms with Crippen LogP contribution >= 0.6 is 0 Å². The second kappa shape index (κ2) is 25.4. The number of rotatable bonds is 23. The molecular weight excluding hydrogens is 1180 g/mol. The molecule has 2 unspecified atom stereocenters. The molecule has 5 aromatic rings. The van der Waals surface area contributed by atoms with Crippen molar-refractivity contribution < 1.29 is 84.2 Å². The van der Waals surface area contributed by atoms with Crippen molar-refractivity contribution in [2.24, 2.45) is 20.5 Å². The van der Waals surface area contributed by atoms with Crippen LogP contribution < -0.4 is 37.8 Å². The zero-order chi connectivity index (χ0) is 64.0. The number of nitrogens with one attached hydrogen (secondary N) is 6. The van der Waals surface area contributed by atoms with E-state index in [2.05, 4.69) is 81.6 Å². The number of amides is 2. The van der Waals surface area contributed by atoms with Gasteiger partial charge in [0, 0.05) is 53.3 Å². The van der Waals surface area contributed by atoms with Crippen LogP contribution in [0.1, 0.15) is 57.8 Å². The summed E-state index contributed by atoms with van der Waals surface area (Å²) in [5.74, 6) is -16.0. The minimum absolute atomic E-state index is 0.0185. The summed E-state index contributed by atoms with van der Waals surface area (Å²) in [6.45, 7) is -0.0432. The van der Waals surface area contributed by atoms with Gasteiger partial charge in [-0.15, -0.1) is 20.5 Å². The summed E-state index contributed by atoms with van der Waals surface area (Å²) in [6.07, 6.45) is 1.05. The molecule has 4 aliphatic rings. The summed E-state index contributed by atoms with van der Waals surface area (Å²) in [5, 5.41) is 126. The first-order valence-electron chi connectivity index (χ1n) is 25.5. The molecule has 89 heavy (non-hydrogen) atoms. The summed E-state index contributed by atoms with van der Waals surface area (Å²) in [4.78, 5) is 141. The van der Waals surface area contributed by atoms with E-state index in [4.69, 9.17) is 14.6 Å². The highest BCUT2D eigenvalue weighted by Gasteiger charge is 2.30. The van der Waals surface area contributed by atoms with Crippen LogP contribution in [0.4, 0.5) is 34.6 Å². The van der Waals surface area contributed by atoms with Crippen molar-refractivity contribution in [1.82, 2.24) is 50.5 Å². The number of H-pyrrole nitrogens is 2. The molecule has 0 spiro atoms. The molecule has 0 saturated heterocycles. The predicted octanol–water partition coefficient (Wildman–Crippen LogP) is 3.80. The van der Waals surface area contributed by atoms with Crippen LogP contribution in [0.15, 0.2) is 112 Å². The number of hydrogen-bond donors (Lipinski definition) is 16. The summed E-state index contributed by atoms with van der Waals surface area (Å²) in [6, 6.07) is 10.1. The van der Waals surface area contributed by atoms with Crippen molar-refractivity contribution in [2.45, 2.75) is 50.9 Å². The zero-order valence-corrected chi connectivity index (χ0v) is 44.9. The SMILES string of the molecule is O=C(O)CCC(NC(=O)c1ccc(NCc2c[nH]c3nc(N=Nc4c(O)c(N=Nc5nc6[nH]cc(CNc7ccc(C(=O)NC(CCC(=O)O)C(=O)O)cc7)nc-6c(=O)n5)c5oc(-c6cc(O)c(O)c(O)c6)c(O)c(=O)c5c4O)nc(=O)c-3n2)cc1)C(=O)O. The Bertz CT molecular complexity index is 4490. The topological polar surface area (TPSA) is 576 Å². The minimum atomic E-state index is -1.45. The van der Waals surface area contributed by atoms with Crippen molar-refractivity contribution >= 4 is 81.3 Å². The Kier molecular flexibility index (Phi) is 17.3. The van der Waals surface area contributed by atoms with E-state index in [1.165, 1.54) is 60.9 Å². The summed E-state index contributed by atoms with van der Waals surface area (Å²) >= 11 is 0. The number of aromatic nitrogens is 8. The summed E-state index contributed by atoms with van der Waals surface area (Å²) in [5.41, 5.74) is -5.75. The number of carboxylic acids is 4. The van der Waals surface area contributed by atoms with Crippen molar-refractivity contribution in [1.29, 1.82) is 0 Å². The lowest BCUT2D eigenvalue weighted by molar-refractivity contribution is -0.142. The Morgan fingerprint density at radius 3 is 1.39 bits per heavy atom. The van der Waals surface area contributed by atoms with Crippen LogP contribution in [0, 0.1) is 0 Å². The summed E-state index contributed by atoms with van der Waals surface area (Å²) in [7, 11) is 0. The van der Waals surface area contributed by atoms with Crippen LogP contribution in [0.25, 0.3) is 45.3 Å². The van der Waals surface area contributed by atoms with Crippen molar-refractivity contribution in [3.63, 3.8) is 0 Å². The van der Waals surface area contributed by atoms with E-state index in [0.29, 0.717) is 11.4 Å². The van der Waals surface area contributed by atoms with Crippen LogP contribution in [0.2, 0.25) is 0 Å². The maximum atomic E-state index is 14.0. The average Bonchev–Trinajstić information content (AvgIpc) is 0.821. The molecule has 454 valence electrons. The molecule has 0 bridgehead atoms. The number of phenolic OH excluding ortho intramolecular Hbond substituents is 5. The van der Waals surface area contributed by atoms with Gasteiger partial charge in [0.15, 0.2) is 74.5 Å². The second-order valence-corrected chi connectivity index (χ2v) is 18.8. The number of nitrogens with zero attached hydrogens (tertiary/aromatic N) is 10. The van der Waals surface area contributed by atoms with Gasteiger partial charge in [-0.25, -0.2) is 19.6 Å². The van der Waals surface area contributed by atoms with Crippen LogP contribution in [0.5, 0.6) is 34.5 Å². The highest BCUT2D eigenvalue weighted by molar-refractivity contribution is 6.02. The first kappa shape index (κ1) is 60.5. The van der Waals surface area contributed by atoms with E-state index in [1.807, 2.05) is 0 Å². The molecule has 2 amide bonds. The number of azo groups is 2.